The molecule has 0 bridgehead atoms. The van der Waals surface area contributed by atoms with Gasteiger partial charge in [0.2, 0.25) is 5.91 Å². The molecule has 7 heteroatoms. The van der Waals surface area contributed by atoms with Gasteiger partial charge in [0.15, 0.2) is 5.16 Å². The van der Waals surface area contributed by atoms with Crippen LogP contribution in [0.1, 0.15) is 10.4 Å². The smallest absolute Gasteiger partial charge is 0.260 e. The van der Waals surface area contributed by atoms with Crippen molar-refractivity contribution in [1.29, 1.82) is 0 Å². The second kappa shape index (κ2) is 7.17. The van der Waals surface area contributed by atoms with Gasteiger partial charge in [-0.2, -0.15) is 0 Å². The Balaban J connectivity index is 1.51. The maximum atomic E-state index is 12.4. The van der Waals surface area contributed by atoms with Crippen molar-refractivity contribution in [1.82, 2.24) is 9.97 Å². The summed E-state index contributed by atoms with van der Waals surface area (Å²) in [6.45, 7) is 3.90. The first-order valence-corrected chi connectivity index (χ1v) is 10.2. The fourth-order valence-electron chi connectivity index (χ4n) is 2.96. The normalized spacial score (nSPS) is 11.2. The van der Waals surface area contributed by atoms with E-state index in [4.69, 9.17) is 0 Å². The highest BCUT2D eigenvalue weighted by Crippen LogP contribution is 2.27. The molecule has 2 N–H and O–H groups in total. The molecule has 2 heterocycles. The number of anilines is 1. The van der Waals surface area contributed by atoms with E-state index in [-0.39, 0.29) is 17.2 Å². The van der Waals surface area contributed by atoms with Crippen LogP contribution in [0.25, 0.3) is 21.0 Å². The van der Waals surface area contributed by atoms with Crippen molar-refractivity contribution < 1.29 is 4.79 Å². The zero-order valence-electron chi connectivity index (χ0n) is 14.8. The number of rotatable bonds is 4. The largest absolute Gasteiger partial charge is 0.325 e. The number of nitrogens with one attached hydrogen (secondary N) is 2. The molecule has 0 spiro atoms. The van der Waals surface area contributed by atoms with E-state index < -0.39 is 0 Å². The van der Waals surface area contributed by atoms with E-state index in [1.165, 1.54) is 23.1 Å². The van der Waals surface area contributed by atoms with Crippen molar-refractivity contribution in [2.24, 2.45) is 0 Å². The number of thioether (sulfide) groups is 1. The maximum absolute atomic E-state index is 12.4. The van der Waals surface area contributed by atoms with Gasteiger partial charge in [-0.25, -0.2) is 4.98 Å². The Kier molecular flexibility index (Phi) is 4.72. The molecule has 136 valence electrons. The molecule has 2 aromatic heterocycles. The Labute approximate surface area is 163 Å². The number of hydrogen-bond donors (Lipinski definition) is 2. The maximum Gasteiger partial charge on any atom is 0.260 e. The molecule has 4 aromatic rings. The van der Waals surface area contributed by atoms with Crippen LogP contribution < -0.4 is 10.9 Å². The first kappa shape index (κ1) is 17.8. The molecule has 0 saturated carbocycles. The van der Waals surface area contributed by atoms with E-state index in [0.29, 0.717) is 15.4 Å². The quantitative estimate of drug-likeness (QED) is 0.394. The molecule has 0 atom stereocenters. The lowest BCUT2D eigenvalue weighted by molar-refractivity contribution is -0.113. The molecule has 0 aliphatic carbocycles. The Morgan fingerprint density at radius 3 is 2.81 bits per heavy atom. The molecular weight excluding hydrogens is 378 g/mol. The highest BCUT2D eigenvalue weighted by Gasteiger charge is 2.13. The van der Waals surface area contributed by atoms with E-state index in [1.807, 2.05) is 56.3 Å². The van der Waals surface area contributed by atoms with E-state index in [1.54, 1.807) is 0 Å². The number of benzene rings is 2. The topological polar surface area (TPSA) is 74.8 Å². The number of hydrogen-bond acceptors (Lipinski definition) is 5. The number of amides is 1. The molecule has 27 heavy (non-hydrogen) atoms. The third-order valence-corrected chi connectivity index (χ3v) is 6.40. The second-order valence-electron chi connectivity index (χ2n) is 6.20. The molecule has 5 nitrogen and oxygen atoms in total. The monoisotopic (exact) mass is 395 g/mol. The summed E-state index contributed by atoms with van der Waals surface area (Å²) < 4.78 is 0. The Bertz CT molecular complexity index is 1220. The minimum atomic E-state index is -0.154. The number of fused-ring (bicyclic) bond motifs is 2. The Hall–Kier alpha value is -2.64. The molecule has 0 saturated heterocycles. The van der Waals surface area contributed by atoms with Crippen LogP contribution in [0.2, 0.25) is 0 Å². The van der Waals surface area contributed by atoms with Crippen LogP contribution in [0.5, 0.6) is 0 Å². The zero-order valence-corrected chi connectivity index (χ0v) is 16.5. The average Bonchev–Trinajstić information content (AvgIpc) is 2.95. The van der Waals surface area contributed by atoms with Gasteiger partial charge in [-0.05, 0) is 30.9 Å². The Morgan fingerprint density at radius 2 is 1.96 bits per heavy atom. The molecule has 0 aliphatic heterocycles. The van der Waals surface area contributed by atoms with Crippen LogP contribution in [-0.4, -0.2) is 21.6 Å². The van der Waals surface area contributed by atoms with Crippen LogP contribution in [0.15, 0.2) is 52.4 Å². The van der Waals surface area contributed by atoms with Crippen molar-refractivity contribution in [3.8, 4) is 0 Å². The first-order chi connectivity index (χ1) is 13.0. The first-order valence-electron chi connectivity index (χ1n) is 8.43. The van der Waals surface area contributed by atoms with E-state index >= 15 is 0 Å². The van der Waals surface area contributed by atoms with Gasteiger partial charge in [0.05, 0.1) is 11.1 Å². The van der Waals surface area contributed by atoms with Gasteiger partial charge in [-0.1, -0.05) is 48.2 Å². The molecule has 1 amide bonds. The second-order valence-corrected chi connectivity index (χ2v) is 8.37. The van der Waals surface area contributed by atoms with E-state index in [2.05, 4.69) is 15.3 Å². The molecular formula is C20H17N3O2S2. The summed E-state index contributed by atoms with van der Waals surface area (Å²) in [5.74, 6) is 0.0266. The summed E-state index contributed by atoms with van der Waals surface area (Å²) in [6, 6.07) is 13.7. The standard InChI is InChI=1S/C20H17N3O2S2/c1-11-12(2)27-19-17(11)18(25)22-20(23-19)26-10-16(24)21-15-9-5-7-13-6-3-4-8-14(13)15/h3-9H,10H2,1-2H3,(H,21,24)(H,22,23,25). The van der Waals surface area contributed by atoms with Gasteiger partial charge in [0, 0.05) is 16.0 Å². The van der Waals surface area contributed by atoms with E-state index in [9.17, 15) is 9.59 Å². The van der Waals surface area contributed by atoms with Gasteiger partial charge in [-0.3, -0.25) is 9.59 Å². The number of nitrogens with zero attached hydrogens (tertiary/aromatic N) is 1. The average molecular weight is 396 g/mol. The van der Waals surface area contributed by atoms with Crippen LogP contribution in [0.4, 0.5) is 5.69 Å². The molecule has 4 rings (SSSR count). The van der Waals surface area contributed by atoms with Crippen molar-refractivity contribution >= 4 is 55.7 Å². The van der Waals surface area contributed by atoms with Gasteiger partial charge < -0.3 is 10.3 Å². The lowest BCUT2D eigenvalue weighted by Gasteiger charge is -2.08. The summed E-state index contributed by atoms with van der Waals surface area (Å²) in [6.07, 6.45) is 0. The summed E-state index contributed by atoms with van der Waals surface area (Å²) in [7, 11) is 0. The SMILES string of the molecule is Cc1sc2nc(SCC(=O)Nc3cccc4ccccc34)[nH]c(=O)c2c1C. The number of aryl methyl sites for hydroxylation is 2. The summed E-state index contributed by atoms with van der Waals surface area (Å²) >= 11 is 2.73. The van der Waals surface area contributed by atoms with Crippen molar-refractivity contribution in [2.45, 2.75) is 19.0 Å². The highest BCUT2D eigenvalue weighted by atomic mass is 32.2. The number of carbonyl (C=O) groups is 1. The minimum Gasteiger partial charge on any atom is -0.325 e. The molecule has 0 aliphatic rings. The number of aromatic amines is 1. The molecule has 0 fully saturated rings. The number of carbonyl (C=O) groups excluding carboxylic acids is 1. The van der Waals surface area contributed by atoms with Gasteiger partial charge in [-0.15, -0.1) is 11.3 Å². The number of aromatic nitrogens is 2. The zero-order chi connectivity index (χ0) is 19.0. The van der Waals surface area contributed by atoms with Crippen LogP contribution in [0, 0.1) is 13.8 Å². The molecule has 0 radical (unpaired) electrons. The summed E-state index contributed by atoms with van der Waals surface area (Å²) in [5, 5.41) is 6.11. The van der Waals surface area contributed by atoms with E-state index in [0.717, 1.165) is 26.9 Å². The number of H-pyrrole nitrogens is 1. The van der Waals surface area contributed by atoms with Crippen molar-refractivity contribution in [3.05, 3.63) is 63.3 Å². The van der Waals surface area contributed by atoms with Gasteiger partial charge in [0.1, 0.15) is 4.83 Å². The predicted octanol–water partition coefficient (Wildman–Crippen LogP) is 4.49. The van der Waals surface area contributed by atoms with Gasteiger partial charge >= 0.3 is 0 Å². The van der Waals surface area contributed by atoms with Crippen LogP contribution in [0.3, 0.4) is 0 Å². The van der Waals surface area contributed by atoms with Crippen molar-refractivity contribution in [3.63, 3.8) is 0 Å². The fourth-order valence-corrected chi connectivity index (χ4v) is 4.71. The van der Waals surface area contributed by atoms with Crippen LogP contribution >= 0.6 is 23.1 Å². The third kappa shape index (κ3) is 3.48. The molecule has 2 aromatic carbocycles. The van der Waals surface area contributed by atoms with Crippen molar-refractivity contribution in [2.75, 3.05) is 11.1 Å². The lowest BCUT2D eigenvalue weighted by Crippen LogP contribution is -2.15. The lowest BCUT2D eigenvalue weighted by atomic mass is 10.1. The minimum absolute atomic E-state index is 0.141. The summed E-state index contributed by atoms with van der Waals surface area (Å²) in [5.41, 5.74) is 1.59. The van der Waals surface area contributed by atoms with Gasteiger partial charge in [0.25, 0.3) is 5.56 Å². The number of thiophene rings is 1. The third-order valence-electron chi connectivity index (χ3n) is 4.42. The predicted molar refractivity (Wildman–Crippen MR) is 113 cm³/mol. The Morgan fingerprint density at radius 1 is 1.19 bits per heavy atom. The van der Waals surface area contributed by atoms with Crippen LogP contribution in [-0.2, 0) is 4.79 Å². The highest BCUT2D eigenvalue weighted by molar-refractivity contribution is 7.99. The fraction of sp³-hybridized carbons (Fsp3) is 0.150. The summed E-state index contributed by atoms with van der Waals surface area (Å²) in [4.78, 5) is 33.8. The molecule has 0 unspecified atom stereocenters.